The minimum Gasteiger partial charge on any atom is -0.291 e. The van der Waals surface area contributed by atoms with E-state index in [0.717, 1.165) is 18.7 Å². The Labute approximate surface area is 65.8 Å². The molecule has 0 spiro atoms. The molecule has 2 rings (SSSR count). The maximum Gasteiger partial charge on any atom is 0.0820 e. The van der Waals surface area contributed by atoms with Crippen molar-refractivity contribution in [3.8, 4) is 0 Å². The molecular formula is C8H11N3. The Kier molecular flexibility index (Phi) is 1.31. The highest BCUT2D eigenvalue weighted by atomic mass is 15.3. The van der Waals surface area contributed by atoms with E-state index < -0.39 is 0 Å². The van der Waals surface area contributed by atoms with Gasteiger partial charge in [-0.25, -0.2) is 0 Å². The van der Waals surface area contributed by atoms with Crippen LogP contribution in [0.4, 0.5) is 0 Å². The minimum absolute atomic E-state index is 0.916. The quantitative estimate of drug-likeness (QED) is 0.534. The zero-order valence-corrected chi connectivity index (χ0v) is 6.83. The first-order chi connectivity index (χ1) is 5.29. The zero-order valence-electron chi connectivity index (χ0n) is 6.83. The Hall–Kier alpha value is -1.12. The largest absolute Gasteiger partial charge is 0.291 e. The number of fused-ring (bicyclic) bond motifs is 1. The van der Waals surface area contributed by atoms with Gasteiger partial charge < -0.3 is 0 Å². The van der Waals surface area contributed by atoms with E-state index in [1.165, 1.54) is 11.3 Å². The van der Waals surface area contributed by atoms with Gasteiger partial charge in [-0.3, -0.25) is 9.67 Å². The van der Waals surface area contributed by atoms with Crippen molar-refractivity contribution in [1.29, 1.82) is 0 Å². The first kappa shape index (κ1) is 6.58. The van der Waals surface area contributed by atoms with E-state index in [4.69, 9.17) is 0 Å². The van der Waals surface area contributed by atoms with Gasteiger partial charge in [0.05, 0.1) is 11.4 Å². The molecule has 0 radical (unpaired) electrons. The van der Waals surface area contributed by atoms with Crippen LogP contribution in [-0.4, -0.2) is 22.5 Å². The summed E-state index contributed by atoms with van der Waals surface area (Å²) in [6.45, 7) is 2.97. The van der Waals surface area contributed by atoms with Gasteiger partial charge in [0.15, 0.2) is 0 Å². The Morgan fingerprint density at radius 3 is 3.09 bits per heavy atom. The van der Waals surface area contributed by atoms with Crippen LogP contribution in [0, 0.1) is 6.92 Å². The van der Waals surface area contributed by atoms with Crippen LogP contribution >= 0.6 is 0 Å². The maximum absolute atomic E-state index is 4.32. The lowest BCUT2D eigenvalue weighted by atomic mass is 10.1. The smallest absolute Gasteiger partial charge is 0.0820 e. The molecular weight excluding hydrogens is 138 g/mol. The van der Waals surface area contributed by atoms with Gasteiger partial charge >= 0.3 is 0 Å². The second kappa shape index (κ2) is 2.19. The molecule has 0 aliphatic carbocycles. The number of aromatic nitrogens is 2. The van der Waals surface area contributed by atoms with Gasteiger partial charge in [-0.05, 0) is 13.3 Å². The third-order valence-electron chi connectivity index (χ3n) is 2.10. The van der Waals surface area contributed by atoms with Crippen molar-refractivity contribution in [1.82, 2.24) is 9.78 Å². The average molecular weight is 149 g/mol. The molecule has 0 aromatic carbocycles. The molecule has 0 atom stereocenters. The van der Waals surface area contributed by atoms with Gasteiger partial charge in [-0.1, -0.05) is 0 Å². The van der Waals surface area contributed by atoms with Crippen LogP contribution in [-0.2, 0) is 13.5 Å². The molecule has 0 N–H and O–H groups in total. The molecule has 1 aromatic heterocycles. The predicted molar refractivity (Wildman–Crippen MR) is 44.1 cm³/mol. The molecule has 1 aromatic rings. The van der Waals surface area contributed by atoms with Crippen molar-refractivity contribution >= 4 is 6.21 Å². The highest BCUT2D eigenvalue weighted by molar-refractivity contribution is 5.81. The summed E-state index contributed by atoms with van der Waals surface area (Å²) in [5.41, 5.74) is 3.69. The number of hydrogen-bond donors (Lipinski definition) is 0. The lowest BCUT2D eigenvalue weighted by molar-refractivity contribution is 0.749. The third kappa shape index (κ3) is 0.878. The minimum atomic E-state index is 0.916. The van der Waals surface area contributed by atoms with E-state index in [1.807, 2.05) is 17.9 Å². The summed E-state index contributed by atoms with van der Waals surface area (Å²) in [5.74, 6) is 0. The van der Waals surface area contributed by atoms with E-state index in [0.29, 0.717) is 0 Å². The summed E-state index contributed by atoms with van der Waals surface area (Å²) in [4.78, 5) is 4.21. The number of aliphatic imine (C=N–C) groups is 1. The van der Waals surface area contributed by atoms with Gasteiger partial charge in [-0.15, -0.1) is 0 Å². The zero-order chi connectivity index (χ0) is 7.84. The lowest BCUT2D eigenvalue weighted by Crippen LogP contribution is -2.05. The fraction of sp³-hybridized carbons (Fsp3) is 0.500. The number of rotatable bonds is 0. The molecule has 3 nitrogen and oxygen atoms in total. The van der Waals surface area contributed by atoms with E-state index in [9.17, 15) is 0 Å². The van der Waals surface area contributed by atoms with E-state index in [-0.39, 0.29) is 0 Å². The van der Waals surface area contributed by atoms with Gasteiger partial charge in [0.2, 0.25) is 0 Å². The fourth-order valence-corrected chi connectivity index (χ4v) is 1.52. The second-order valence-corrected chi connectivity index (χ2v) is 2.86. The van der Waals surface area contributed by atoms with Crippen molar-refractivity contribution in [3.05, 3.63) is 17.0 Å². The third-order valence-corrected chi connectivity index (χ3v) is 2.10. The van der Waals surface area contributed by atoms with Crippen LogP contribution in [0.5, 0.6) is 0 Å². The lowest BCUT2D eigenvalue weighted by Gasteiger charge is -2.04. The molecule has 2 heterocycles. The molecule has 0 unspecified atom stereocenters. The number of aryl methyl sites for hydroxylation is 2. The molecule has 1 aliphatic heterocycles. The molecule has 0 saturated heterocycles. The van der Waals surface area contributed by atoms with Crippen molar-refractivity contribution in [2.75, 3.05) is 6.54 Å². The summed E-state index contributed by atoms with van der Waals surface area (Å²) in [5, 5.41) is 4.32. The molecule has 0 bridgehead atoms. The molecule has 11 heavy (non-hydrogen) atoms. The van der Waals surface area contributed by atoms with Gasteiger partial charge in [0.1, 0.15) is 0 Å². The number of hydrogen-bond acceptors (Lipinski definition) is 2. The maximum atomic E-state index is 4.32. The Morgan fingerprint density at radius 1 is 1.55 bits per heavy atom. The van der Waals surface area contributed by atoms with Crippen molar-refractivity contribution < 1.29 is 0 Å². The van der Waals surface area contributed by atoms with Crippen LogP contribution < -0.4 is 0 Å². The first-order valence-corrected chi connectivity index (χ1v) is 3.81. The summed E-state index contributed by atoms with van der Waals surface area (Å²) in [7, 11) is 1.96. The van der Waals surface area contributed by atoms with Crippen LogP contribution in [0.15, 0.2) is 4.99 Å². The van der Waals surface area contributed by atoms with E-state index in [1.54, 1.807) is 0 Å². The summed E-state index contributed by atoms with van der Waals surface area (Å²) < 4.78 is 1.90. The summed E-state index contributed by atoms with van der Waals surface area (Å²) in [6.07, 6.45) is 2.96. The van der Waals surface area contributed by atoms with E-state index in [2.05, 4.69) is 17.0 Å². The SMILES string of the molecule is Cc1nn(C)c2c1CCN=C2. The van der Waals surface area contributed by atoms with Crippen molar-refractivity contribution in [2.45, 2.75) is 13.3 Å². The Bertz CT molecular complexity index is 309. The van der Waals surface area contributed by atoms with Crippen molar-refractivity contribution in [2.24, 2.45) is 12.0 Å². The van der Waals surface area contributed by atoms with Crippen LogP contribution in [0.3, 0.4) is 0 Å². The standard InChI is InChI=1S/C8H11N3/c1-6-7-3-4-9-5-8(7)11(2)10-6/h5H,3-4H2,1-2H3. The van der Waals surface area contributed by atoms with Crippen LogP contribution in [0.2, 0.25) is 0 Å². The average Bonchev–Trinajstić information content (AvgIpc) is 2.30. The second-order valence-electron chi connectivity index (χ2n) is 2.86. The topological polar surface area (TPSA) is 30.2 Å². The highest BCUT2D eigenvalue weighted by Gasteiger charge is 2.12. The first-order valence-electron chi connectivity index (χ1n) is 3.81. The Morgan fingerprint density at radius 2 is 2.36 bits per heavy atom. The molecule has 1 aliphatic rings. The highest BCUT2D eigenvalue weighted by Crippen LogP contribution is 2.14. The van der Waals surface area contributed by atoms with Gasteiger partial charge in [-0.2, -0.15) is 5.10 Å². The van der Waals surface area contributed by atoms with Crippen molar-refractivity contribution in [3.63, 3.8) is 0 Å². The predicted octanol–water partition coefficient (Wildman–Crippen LogP) is 0.704. The monoisotopic (exact) mass is 149 g/mol. The molecule has 0 saturated carbocycles. The summed E-state index contributed by atoms with van der Waals surface area (Å²) >= 11 is 0. The normalized spacial score (nSPS) is 15.1. The molecule has 3 heteroatoms. The molecule has 0 fully saturated rings. The molecule has 0 amide bonds. The van der Waals surface area contributed by atoms with Crippen LogP contribution in [0.1, 0.15) is 17.0 Å². The van der Waals surface area contributed by atoms with Gasteiger partial charge in [0, 0.05) is 25.4 Å². The van der Waals surface area contributed by atoms with Gasteiger partial charge in [0.25, 0.3) is 0 Å². The fourth-order valence-electron chi connectivity index (χ4n) is 1.52. The Balaban J connectivity index is 2.63. The number of nitrogens with zero attached hydrogens (tertiary/aromatic N) is 3. The summed E-state index contributed by atoms with van der Waals surface area (Å²) in [6, 6.07) is 0. The van der Waals surface area contributed by atoms with Crippen LogP contribution in [0.25, 0.3) is 0 Å². The molecule has 58 valence electrons. The van der Waals surface area contributed by atoms with E-state index >= 15 is 0 Å².